The summed E-state index contributed by atoms with van der Waals surface area (Å²) in [6.45, 7) is 2.35. The Balaban J connectivity index is 2.04. The first-order chi connectivity index (χ1) is 8.65. The number of carbonyl (C=O) groups excluding carboxylic acids is 1. The number of nitrogens with one attached hydrogen (secondary N) is 1. The van der Waals surface area contributed by atoms with Gasteiger partial charge >= 0.3 is 0 Å². The van der Waals surface area contributed by atoms with Gasteiger partial charge in [0.25, 0.3) is 5.91 Å². The van der Waals surface area contributed by atoms with Crippen LogP contribution in [0.15, 0.2) is 41.3 Å². The standard InChI is InChI=1S/C13H12BrN3O/c1-9-4-10(6-11(14)5-9)13(18)16-7-12-2-3-15-8-17-12/h2-6,8H,7H2,1H3,(H,16,18). The molecule has 5 heteroatoms. The number of aromatic nitrogens is 2. The van der Waals surface area contributed by atoms with Gasteiger partial charge in [-0.1, -0.05) is 15.9 Å². The average Bonchev–Trinajstić information content (AvgIpc) is 2.36. The van der Waals surface area contributed by atoms with Gasteiger partial charge in [-0.25, -0.2) is 9.97 Å². The van der Waals surface area contributed by atoms with E-state index in [2.05, 4.69) is 31.2 Å². The molecule has 1 aromatic carbocycles. The molecule has 0 saturated carbocycles. The van der Waals surface area contributed by atoms with Crippen molar-refractivity contribution in [3.8, 4) is 0 Å². The first-order valence-electron chi connectivity index (χ1n) is 5.45. The van der Waals surface area contributed by atoms with Gasteiger partial charge in [-0.05, 0) is 36.8 Å². The van der Waals surface area contributed by atoms with Crippen LogP contribution < -0.4 is 5.32 Å². The number of rotatable bonds is 3. The van der Waals surface area contributed by atoms with Crippen molar-refractivity contribution in [2.24, 2.45) is 0 Å². The van der Waals surface area contributed by atoms with E-state index in [0.29, 0.717) is 12.1 Å². The smallest absolute Gasteiger partial charge is 0.251 e. The third-order valence-corrected chi connectivity index (χ3v) is 2.84. The Kier molecular flexibility index (Phi) is 4.04. The van der Waals surface area contributed by atoms with Crippen LogP contribution >= 0.6 is 15.9 Å². The van der Waals surface area contributed by atoms with Crippen LogP contribution in [0.5, 0.6) is 0 Å². The number of aryl methyl sites for hydroxylation is 1. The molecule has 0 spiro atoms. The molecule has 0 fully saturated rings. The van der Waals surface area contributed by atoms with Crippen LogP contribution in [0, 0.1) is 6.92 Å². The Bertz CT molecular complexity index is 537. The molecule has 0 aliphatic heterocycles. The summed E-state index contributed by atoms with van der Waals surface area (Å²) in [5.74, 6) is -0.113. The quantitative estimate of drug-likeness (QED) is 0.948. The van der Waals surface area contributed by atoms with Crippen molar-refractivity contribution in [2.45, 2.75) is 13.5 Å². The van der Waals surface area contributed by atoms with E-state index in [9.17, 15) is 4.79 Å². The lowest BCUT2D eigenvalue weighted by molar-refractivity contribution is 0.0950. The molecule has 4 nitrogen and oxygen atoms in total. The predicted molar refractivity (Wildman–Crippen MR) is 72.1 cm³/mol. The average molecular weight is 306 g/mol. The molecule has 0 unspecified atom stereocenters. The number of halogens is 1. The molecule has 92 valence electrons. The highest BCUT2D eigenvalue weighted by atomic mass is 79.9. The second-order valence-electron chi connectivity index (χ2n) is 3.90. The van der Waals surface area contributed by atoms with Crippen LogP contribution in [-0.2, 0) is 6.54 Å². The Morgan fingerprint density at radius 2 is 2.22 bits per heavy atom. The first kappa shape index (κ1) is 12.7. The van der Waals surface area contributed by atoms with Gasteiger partial charge in [0.1, 0.15) is 6.33 Å². The van der Waals surface area contributed by atoms with E-state index in [1.54, 1.807) is 18.3 Å². The third kappa shape index (κ3) is 3.37. The fourth-order valence-electron chi connectivity index (χ4n) is 1.56. The molecule has 1 amide bonds. The number of hydrogen-bond acceptors (Lipinski definition) is 3. The fraction of sp³-hybridized carbons (Fsp3) is 0.154. The Hall–Kier alpha value is -1.75. The zero-order valence-corrected chi connectivity index (χ0v) is 11.4. The molecular formula is C13H12BrN3O. The Morgan fingerprint density at radius 3 is 2.89 bits per heavy atom. The van der Waals surface area contributed by atoms with Crippen molar-refractivity contribution in [1.29, 1.82) is 0 Å². The van der Waals surface area contributed by atoms with Gasteiger partial charge < -0.3 is 5.32 Å². The Morgan fingerprint density at radius 1 is 1.39 bits per heavy atom. The van der Waals surface area contributed by atoms with Crippen LogP contribution in [0.1, 0.15) is 21.6 Å². The molecule has 18 heavy (non-hydrogen) atoms. The van der Waals surface area contributed by atoms with Gasteiger partial charge in [-0.3, -0.25) is 4.79 Å². The van der Waals surface area contributed by atoms with Gasteiger partial charge in [0.05, 0.1) is 12.2 Å². The van der Waals surface area contributed by atoms with E-state index < -0.39 is 0 Å². The van der Waals surface area contributed by atoms with E-state index >= 15 is 0 Å². The minimum absolute atomic E-state index is 0.113. The molecule has 0 aliphatic carbocycles. The summed E-state index contributed by atoms with van der Waals surface area (Å²) in [6, 6.07) is 7.37. The van der Waals surface area contributed by atoms with Crippen LogP contribution in [-0.4, -0.2) is 15.9 Å². The molecule has 0 radical (unpaired) electrons. The summed E-state index contributed by atoms with van der Waals surface area (Å²) >= 11 is 3.38. The third-order valence-electron chi connectivity index (χ3n) is 2.38. The molecule has 1 aromatic heterocycles. The summed E-state index contributed by atoms with van der Waals surface area (Å²) < 4.78 is 0.898. The maximum Gasteiger partial charge on any atom is 0.251 e. The Labute approximate surface area is 114 Å². The number of amides is 1. The van der Waals surface area contributed by atoms with Crippen LogP contribution in [0.3, 0.4) is 0 Å². The lowest BCUT2D eigenvalue weighted by atomic mass is 10.1. The van der Waals surface area contributed by atoms with E-state index in [1.165, 1.54) is 6.33 Å². The highest BCUT2D eigenvalue weighted by Crippen LogP contribution is 2.15. The summed E-state index contributed by atoms with van der Waals surface area (Å²) in [6.07, 6.45) is 3.11. The molecular weight excluding hydrogens is 294 g/mol. The van der Waals surface area contributed by atoms with Crippen molar-refractivity contribution in [3.63, 3.8) is 0 Å². The maximum absolute atomic E-state index is 11.9. The van der Waals surface area contributed by atoms with Crippen molar-refractivity contribution >= 4 is 21.8 Å². The van der Waals surface area contributed by atoms with Gasteiger partial charge in [0.2, 0.25) is 0 Å². The highest BCUT2D eigenvalue weighted by molar-refractivity contribution is 9.10. The topological polar surface area (TPSA) is 54.9 Å². The van der Waals surface area contributed by atoms with Crippen molar-refractivity contribution in [1.82, 2.24) is 15.3 Å². The fourth-order valence-corrected chi connectivity index (χ4v) is 2.17. The van der Waals surface area contributed by atoms with Gasteiger partial charge in [-0.15, -0.1) is 0 Å². The molecule has 0 atom stereocenters. The van der Waals surface area contributed by atoms with Crippen LogP contribution in [0.4, 0.5) is 0 Å². The predicted octanol–water partition coefficient (Wildman–Crippen LogP) is 2.48. The van der Waals surface area contributed by atoms with E-state index in [0.717, 1.165) is 15.7 Å². The lowest BCUT2D eigenvalue weighted by Gasteiger charge is -2.06. The molecule has 0 bridgehead atoms. The van der Waals surface area contributed by atoms with Gasteiger partial charge in [0.15, 0.2) is 0 Å². The molecule has 0 aliphatic rings. The molecule has 2 aromatic rings. The minimum atomic E-state index is -0.113. The normalized spacial score (nSPS) is 10.1. The molecule has 1 N–H and O–H groups in total. The largest absolute Gasteiger partial charge is 0.346 e. The van der Waals surface area contributed by atoms with Crippen LogP contribution in [0.25, 0.3) is 0 Å². The maximum atomic E-state index is 11.9. The summed E-state index contributed by atoms with van der Waals surface area (Å²) in [5, 5.41) is 2.82. The van der Waals surface area contributed by atoms with Crippen molar-refractivity contribution in [2.75, 3.05) is 0 Å². The molecule has 1 heterocycles. The van der Waals surface area contributed by atoms with Crippen molar-refractivity contribution in [3.05, 3.63) is 58.1 Å². The number of benzene rings is 1. The minimum Gasteiger partial charge on any atom is -0.346 e. The summed E-state index contributed by atoms with van der Waals surface area (Å²) in [7, 11) is 0. The summed E-state index contributed by atoms with van der Waals surface area (Å²) in [5.41, 5.74) is 2.46. The number of carbonyl (C=O) groups is 1. The SMILES string of the molecule is Cc1cc(Br)cc(C(=O)NCc2ccncn2)c1. The lowest BCUT2D eigenvalue weighted by Crippen LogP contribution is -2.23. The second-order valence-corrected chi connectivity index (χ2v) is 4.82. The van der Waals surface area contributed by atoms with Crippen molar-refractivity contribution < 1.29 is 4.79 Å². The second kappa shape index (κ2) is 5.73. The first-order valence-corrected chi connectivity index (χ1v) is 6.25. The summed E-state index contributed by atoms with van der Waals surface area (Å²) in [4.78, 5) is 19.8. The van der Waals surface area contributed by atoms with Crippen LogP contribution in [0.2, 0.25) is 0 Å². The molecule has 2 rings (SSSR count). The van der Waals surface area contributed by atoms with Gasteiger partial charge in [0, 0.05) is 16.2 Å². The highest BCUT2D eigenvalue weighted by Gasteiger charge is 2.06. The number of hydrogen-bond donors (Lipinski definition) is 1. The zero-order chi connectivity index (χ0) is 13.0. The molecule has 0 saturated heterocycles. The number of nitrogens with zero attached hydrogens (tertiary/aromatic N) is 2. The van der Waals surface area contributed by atoms with E-state index in [-0.39, 0.29) is 5.91 Å². The monoisotopic (exact) mass is 305 g/mol. The zero-order valence-electron chi connectivity index (χ0n) is 9.85. The van der Waals surface area contributed by atoms with E-state index in [4.69, 9.17) is 0 Å². The van der Waals surface area contributed by atoms with E-state index in [1.807, 2.05) is 19.1 Å². The van der Waals surface area contributed by atoms with Gasteiger partial charge in [-0.2, -0.15) is 0 Å².